The highest BCUT2D eigenvalue weighted by molar-refractivity contribution is 5.89. The summed E-state index contributed by atoms with van der Waals surface area (Å²) in [6.45, 7) is 2.15. The van der Waals surface area contributed by atoms with Crippen molar-refractivity contribution in [3.63, 3.8) is 0 Å². The summed E-state index contributed by atoms with van der Waals surface area (Å²) in [6, 6.07) is 7.65. The Balaban J connectivity index is 2.13. The number of nitrogens with one attached hydrogen (secondary N) is 1. The van der Waals surface area contributed by atoms with Gasteiger partial charge in [0.1, 0.15) is 5.75 Å². The van der Waals surface area contributed by atoms with E-state index >= 15 is 0 Å². The Morgan fingerprint density at radius 2 is 1.88 bits per heavy atom. The van der Waals surface area contributed by atoms with E-state index in [1.165, 1.54) is 0 Å². The van der Waals surface area contributed by atoms with Crippen molar-refractivity contribution in [1.29, 1.82) is 0 Å². The number of rotatable bonds is 8. The van der Waals surface area contributed by atoms with Crippen molar-refractivity contribution in [3.05, 3.63) is 29.8 Å². The molecule has 1 unspecified atom stereocenters. The predicted molar refractivity (Wildman–Crippen MR) is 92.2 cm³/mol. The van der Waals surface area contributed by atoms with E-state index in [2.05, 4.69) is 5.32 Å². The number of carbonyl (C=O) groups is 2. The van der Waals surface area contributed by atoms with Gasteiger partial charge in [-0.3, -0.25) is 9.59 Å². The first-order valence-electron chi connectivity index (χ1n) is 8.69. The van der Waals surface area contributed by atoms with Gasteiger partial charge in [0.05, 0.1) is 18.4 Å². The first kappa shape index (κ1) is 18.3. The second-order valence-electron chi connectivity index (χ2n) is 6.55. The van der Waals surface area contributed by atoms with Gasteiger partial charge in [0.2, 0.25) is 5.91 Å². The smallest absolute Gasteiger partial charge is 0.308 e. The number of benzene rings is 1. The minimum absolute atomic E-state index is 0.0486. The van der Waals surface area contributed by atoms with Crippen LogP contribution < -0.4 is 10.1 Å². The minimum atomic E-state index is -0.845. The summed E-state index contributed by atoms with van der Waals surface area (Å²) in [5.41, 5.74) is 0.447. The fourth-order valence-corrected chi connectivity index (χ4v) is 3.58. The number of hydrogen-bond donors (Lipinski definition) is 2. The molecular formula is C19H27NO4. The molecule has 1 aromatic carbocycles. The Morgan fingerprint density at radius 1 is 1.25 bits per heavy atom. The lowest BCUT2D eigenvalue weighted by molar-refractivity contribution is -0.142. The maximum atomic E-state index is 12.9. The number of carboxylic acid groups (broad SMARTS) is 1. The standard InChI is InChI=1S/C19H27NO4/c1-3-6-14(17(21)22)13-20-18(23)19(11-4-5-12-19)15-7-9-16(24-2)10-8-15/h7-10,14H,3-6,11-13H2,1-2H3,(H,20,23)(H,21,22). The van der Waals surface area contributed by atoms with Crippen molar-refractivity contribution >= 4 is 11.9 Å². The van der Waals surface area contributed by atoms with Crippen molar-refractivity contribution in [3.8, 4) is 5.75 Å². The molecular weight excluding hydrogens is 306 g/mol. The van der Waals surface area contributed by atoms with Crippen molar-refractivity contribution in [2.24, 2.45) is 5.92 Å². The second-order valence-corrected chi connectivity index (χ2v) is 6.55. The lowest BCUT2D eigenvalue weighted by Gasteiger charge is -2.29. The van der Waals surface area contributed by atoms with Crippen LogP contribution in [0.15, 0.2) is 24.3 Å². The van der Waals surface area contributed by atoms with Crippen LogP contribution in [0, 0.1) is 5.92 Å². The van der Waals surface area contributed by atoms with Crippen LogP contribution in [0.2, 0.25) is 0 Å². The SMILES string of the molecule is CCCC(CNC(=O)C1(c2ccc(OC)cc2)CCCC1)C(=O)O. The second kappa shape index (κ2) is 8.18. The molecule has 1 amide bonds. The number of aliphatic carboxylic acids is 1. The summed E-state index contributed by atoms with van der Waals surface area (Å²) in [6.07, 6.45) is 4.99. The predicted octanol–water partition coefficient (Wildman–Crippen LogP) is 3.12. The van der Waals surface area contributed by atoms with E-state index < -0.39 is 17.3 Å². The Bertz CT molecular complexity index is 561. The van der Waals surface area contributed by atoms with Crippen molar-refractivity contribution in [2.45, 2.75) is 50.9 Å². The third kappa shape index (κ3) is 3.89. The van der Waals surface area contributed by atoms with Gasteiger partial charge in [-0.25, -0.2) is 0 Å². The molecule has 2 N–H and O–H groups in total. The van der Waals surface area contributed by atoms with Crippen LogP contribution in [0.3, 0.4) is 0 Å². The first-order chi connectivity index (χ1) is 11.5. The van der Waals surface area contributed by atoms with E-state index in [4.69, 9.17) is 4.74 Å². The average molecular weight is 333 g/mol. The Kier molecular flexibility index (Phi) is 6.23. The normalized spacial score (nSPS) is 17.2. The first-order valence-corrected chi connectivity index (χ1v) is 8.69. The number of ether oxygens (including phenoxy) is 1. The van der Waals surface area contributed by atoms with Crippen molar-refractivity contribution in [2.75, 3.05) is 13.7 Å². The van der Waals surface area contributed by atoms with E-state index in [9.17, 15) is 14.7 Å². The summed E-state index contributed by atoms with van der Waals surface area (Å²) in [7, 11) is 1.62. The van der Waals surface area contributed by atoms with E-state index in [1.54, 1.807) is 7.11 Å². The molecule has 0 heterocycles. The Morgan fingerprint density at radius 3 is 2.38 bits per heavy atom. The van der Waals surface area contributed by atoms with Gasteiger partial charge in [0.15, 0.2) is 0 Å². The third-order valence-electron chi connectivity index (χ3n) is 5.03. The number of methoxy groups -OCH3 is 1. The van der Waals surface area contributed by atoms with E-state index in [0.717, 1.165) is 43.4 Å². The van der Waals surface area contributed by atoms with Crippen LogP contribution in [-0.2, 0) is 15.0 Å². The monoisotopic (exact) mass is 333 g/mol. The fourth-order valence-electron chi connectivity index (χ4n) is 3.58. The van der Waals surface area contributed by atoms with Crippen LogP contribution in [-0.4, -0.2) is 30.6 Å². The van der Waals surface area contributed by atoms with E-state index in [1.807, 2.05) is 31.2 Å². The quantitative estimate of drug-likeness (QED) is 0.766. The lowest BCUT2D eigenvalue weighted by atomic mass is 9.78. The van der Waals surface area contributed by atoms with Gasteiger partial charge in [-0.15, -0.1) is 0 Å². The number of amides is 1. The zero-order valence-corrected chi connectivity index (χ0v) is 14.5. The molecule has 0 aromatic heterocycles. The maximum Gasteiger partial charge on any atom is 0.308 e. The largest absolute Gasteiger partial charge is 0.497 e. The summed E-state index contributed by atoms with van der Waals surface area (Å²) in [4.78, 5) is 24.2. The molecule has 2 rings (SSSR count). The molecule has 1 aromatic rings. The molecule has 0 bridgehead atoms. The molecule has 1 atom stereocenters. The Labute approximate surface area is 143 Å². The average Bonchev–Trinajstić information content (AvgIpc) is 3.09. The molecule has 1 aliphatic carbocycles. The van der Waals surface area contributed by atoms with Crippen LogP contribution in [0.1, 0.15) is 51.0 Å². The number of carboxylic acids is 1. The zero-order chi connectivity index (χ0) is 17.6. The molecule has 132 valence electrons. The highest BCUT2D eigenvalue weighted by Gasteiger charge is 2.42. The van der Waals surface area contributed by atoms with E-state index in [-0.39, 0.29) is 12.5 Å². The molecule has 5 heteroatoms. The van der Waals surface area contributed by atoms with Crippen molar-refractivity contribution < 1.29 is 19.4 Å². The molecule has 0 saturated heterocycles. The molecule has 1 aliphatic rings. The molecule has 0 aliphatic heterocycles. The molecule has 5 nitrogen and oxygen atoms in total. The van der Waals surface area contributed by atoms with Gasteiger partial charge in [-0.2, -0.15) is 0 Å². The fraction of sp³-hybridized carbons (Fsp3) is 0.579. The Hall–Kier alpha value is -2.04. The van der Waals surface area contributed by atoms with Gasteiger partial charge >= 0.3 is 5.97 Å². The zero-order valence-electron chi connectivity index (χ0n) is 14.5. The summed E-state index contributed by atoms with van der Waals surface area (Å²) in [5.74, 6) is -0.649. The highest BCUT2D eigenvalue weighted by atomic mass is 16.5. The van der Waals surface area contributed by atoms with Crippen LogP contribution in [0.25, 0.3) is 0 Å². The molecule has 0 radical (unpaired) electrons. The van der Waals surface area contributed by atoms with Crippen LogP contribution in [0.4, 0.5) is 0 Å². The third-order valence-corrected chi connectivity index (χ3v) is 5.03. The maximum absolute atomic E-state index is 12.9. The van der Waals surface area contributed by atoms with Gasteiger partial charge in [-0.05, 0) is 37.0 Å². The summed E-state index contributed by atoms with van der Waals surface area (Å²) < 4.78 is 5.19. The van der Waals surface area contributed by atoms with Crippen LogP contribution >= 0.6 is 0 Å². The van der Waals surface area contributed by atoms with Crippen molar-refractivity contribution in [1.82, 2.24) is 5.32 Å². The van der Waals surface area contributed by atoms with Gasteiger partial charge in [-0.1, -0.05) is 38.3 Å². The summed E-state index contributed by atoms with van der Waals surface area (Å²) >= 11 is 0. The van der Waals surface area contributed by atoms with Gasteiger partial charge in [0.25, 0.3) is 0 Å². The summed E-state index contributed by atoms with van der Waals surface area (Å²) in [5, 5.41) is 12.2. The molecule has 0 spiro atoms. The number of carbonyl (C=O) groups excluding carboxylic acids is 1. The highest BCUT2D eigenvalue weighted by Crippen LogP contribution is 2.41. The molecule has 1 fully saturated rings. The minimum Gasteiger partial charge on any atom is -0.497 e. The van der Waals surface area contributed by atoms with E-state index in [0.29, 0.717) is 6.42 Å². The molecule has 24 heavy (non-hydrogen) atoms. The number of hydrogen-bond acceptors (Lipinski definition) is 3. The topological polar surface area (TPSA) is 75.6 Å². The van der Waals surface area contributed by atoms with Gasteiger partial charge in [0, 0.05) is 6.54 Å². The molecule has 1 saturated carbocycles. The van der Waals surface area contributed by atoms with Gasteiger partial charge < -0.3 is 15.2 Å². The van der Waals surface area contributed by atoms with Crippen LogP contribution in [0.5, 0.6) is 5.75 Å². The lowest BCUT2D eigenvalue weighted by Crippen LogP contribution is -2.45.